The van der Waals surface area contributed by atoms with E-state index in [4.69, 9.17) is 14.2 Å². The molecule has 3 heteroatoms. The molecule has 0 saturated heterocycles. The molecule has 0 radical (unpaired) electrons. The van der Waals surface area contributed by atoms with Crippen LogP contribution in [0.1, 0.15) is 13.8 Å². The van der Waals surface area contributed by atoms with Crippen LogP contribution in [0.3, 0.4) is 0 Å². The minimum absolute atomic E-state index is 0.187. The van der Waals surface area contributed by atoms with Crippen molar-refractivity contribution in [2.75, 3.05) is 34.0 Å². The van der Waals surface area contributed by atoms with Crippen molar-refractivity contribution in [1.82, 2.24) is 0 Å². The Morgan fingerprint density at radius 3 is 2.18 bits per heavy atom. The van der Waals surface area contributed by atoms with Crippen LogP contribution in [-0.4, -0.2) is 39.6 Å². The standard InChI is InChI=1S/C8H18O3/c1-8(2,10-4)7-11-6-5-9-3/h5-7H2,1-4H3. The summed E-state index contributed by atoms with van der Waals surface area (Å²) in [6.07, 6.45) is 0. The molecule has 3 nitrogen and oxygen atoms in total. The molecule has 0 amide bonds. The summed E-state index contributed by atoms with van der Waals surface area (Å²) in [6, 6.07) is 0. The smallest absolute Gasteiger partial charge is 0.0855 e. The Morgan fingerprint density at radius 2 is 1.73 bits per heavy atom. The Balaban J connectivity index is 3.23. The number of methoxy groups -OCH3 is 2. The van der Waals surface area contributed by atoms with Crippen LogP contribution in [0.4, 0.5) is 0 Å². The van der Waals surface area contributed by atoms with Crippen molar-refractivity contribution >= 4 is 0 Å². The topological polar surface area (TPSA) is 27.7 Å². The molecule has 68 valence electrons. The van der Waals surface area contributed by atoms with E-state index in [1.165, 1.54) is 0 Å². The van der Waals surface area contributed by atoms with Gasteiger partial charge >= 0.3 is 0 Å². The van der Waals surface area contributed by atoms with Gasteiger partial charge in [0.1, 0.15) is 0 Å². The largest absolute Gasteiger partial charge is 0.382 e. The summed E-state index contributed by atoms with van der Waals surface area (Å²) in [5, 5.41) is 0. The first-order chi connectivity index (χ1) is 5.12. The van der Waals surface area contributed by atoms with Crippen molar-refractivity contribution < 1.29 is 14.2 Å². The molecule has 0 rings (SSSR count). The molecule has 0 N–H and O–H groups in total. The predicted molar refractivity (Wildman–Crippen MR) is 43.8 cm³/mol. The first-order valence-electron chi connectivity index (χ1n) is 3.74. The van der Waals surface area contributed by atoms with Crippen LogP contribution in [0, 0.1) is 0 Å². The van der Waals surface area contributed by atoms with Crippen molar-refractivity contribution in [2.45, 2.75) is 19.4 Å². The minimum atomic E-state index is -0.187. The van der Waals surface area contributed by atoms with E-state index >= 15 is 0 Å². The molecule has 0 fully saturated rings. The van der Waals surface area contributed by atoms with Gasteiger partial charge < -0.3 is 14.2 Å². The van der Waals surface area contributed by atoms with Gasteiger partial charge in [0, 0.05) is 14.2 Å². The van der Waals surface area contributed by atoms with Crippen molar-refractivity contribution in [3.8, 4) is 0 Å². The van der Waals surface area contributed by atoms with Gasteiger partial charge in [0.05, 0.1) is 25.4 Å². The van der Waals surface area contributed by atoms with Crippen molar-refractivity contribution in [3.63, 3.8) is 0 Å². The van der Waals surface area contributed by atoms with Gasteiger partial charge in [-0.05, 0) is 13.8 Å². The van der Waals surface area contributed by atoms with E-state index in [2.05, 4.69) is 0 Å². The predicted octanol–water partition coefficient (Wildman–Crippen LogP) is 1.07. The molecule has 0 spiro atoms. The van der Waals surface area contributed by atoms with E-state index in [1.54, 1.807) is 14.2 Å². The Labute approximate surface area is 68.6 Å². The number of ether oxygens (including phenoxy) is 3. The van der Waals surface area contributed by atoms with Crippen molar-refractivity contribution in [3.05, 3.63) is 0 Å². The average Bonchev–Trinajstić information content (AvgIpc) is 1.99. The molecular weight excluding hydrogens is 144 g/mol. The summed E-state index contributed by atoms with van der Waals surface area (Å²) < 4.78 is 15.3. The highest BCUT2D eigenvalue weighted by Gasteiger charge is 2.15. The van der Waals surface area contributed by atoms with Crippen LogP contribution < -0.4 is 0 Å². The normalized spacial score (nSPS) is 12.0. The maximum Gasteiger partial charge on any atom is 0.0855 e. The molecule has 0 heterocycles. The summed E-state index contributed by atoms with van der Waals surface area (Å²) >= 11 is 0. The van der Waals surface area contributed by atoms with E-state index in [-0.39, 0.29) is 5.60 Å². The summed E-state index contributed by atoms with van der Waals surface area (Å²) in [7, 11) is 3.34. The second kappa shape index (κ2) is 5.52. The SMILES string of the molecule is COCCOCC(C)(C)OC. The van der Waals surface area contributed by atoms with Gasteiger partial charge in [-0.3, -0.25) is 0 Å². The quantitative estimate of drug-likeness (QED) is 0.547. The highest BCUT2D eigenvalue weighted by atomic mass is 16.5. The van der Waals surface area contributed by atoms with E-state index < -0.39 is 0 Å². The highest BCUT2D eigenvalue weighted by molar-refractivity contribution is 4.65. The van der Waals surface area contributed by atoms with E-state index in [1.807, 2.05) is 13.8 Å². The fourth-order valence-corrected chi connectivity index (χ4v) is 0.519. The Kier molecular flexibility index (Phi) is 5.46. The third-order valence-corrected chi connectivity index (χ3v) is 1.43. The zero-order valence-electron chi connectivity index (χ0n) is 7.85. The Bertz CT molecular complexity index is 91.3. The number of rotatable bonds is 6. The summed E-state index contributed by atoms with van der Waals surface area (Å²) in [4.78, 5) is 0. The van der Waals surface area contributed by atoms with Crippen LogP contribution in [0.5, 0.6) is 0 Å². The Hall–Kier alpha value is -0.120. The van der Waals surface area contributed by atoms with Gasteiger partial charge in [-0.1, -0.05) is 0 Å². The molecule has 0 aliphatic rings. The van der Waals surface area contributed by atoms with Gasteiger partial charge in [0.15, 0.2) is 0 Å². The second-order valence-corrected chi connectivity index (χ2v) is 3.01. The monoisotopic (exact) mass is 162 g/mol. The maximum absolute atomic E-state index is 5.28. The maximum atomic E-state index is 5.28. The molecule has 0 aromatic rings. The minimum Gasteiger partial charge on any atom is -0.382 e. The van der Waals surface area contributed by atoms with Crippen LogP contribution in [0.15, 0.2) is 0 Å². The first kappa shape index (κ1) is 10.9. The molecule has 0 aliphatic carbocycles. The highest BCUT2D eigenvalue weighted by Crippen LogP contribution is 2.06. The van der Waals surface area contributed by atoms with Crippen LogP contribution in [0.2, 0.25) is 0 Å². The molecule has 0 atom stereocenters. The Morgan fingerprint density at radius 1 is 1.09 bits per heavy atom. The molecule has 11 heavy (non-hydrogen) atoms. The van der Waals surface area contributed by atoms with Crippen LogP contribution >= 0.6 is 0 Å². The summed E-state index contributed by atoms with van der Waals surface area (Å²) in [5.74, 6) is 0. The van der Waals surface area contributed by atoms with Crippen molar-refractivity contribution in [1.29, 1.82) is 0 Å². The van der Waals surface area contributed by atoms with Gasteiger partial charge in [-0.15, -0.1) is 0 Å². The van der Waals surface area contributed by atoms with Gasteiger partial charge in [-0.25, -0.2) is 0 Å². The number of hydrogen-bond donors (Lipinski definition) is 0. The third-order valence-electron chi connectivity index (χ3n) is 1.43. The molecule has 0 aliphatic heterocycles. The summed E-state index contributed by atoms with van der Waals surface area (Å²) in [6.45, 7) is 5.84. The number of hydrogen-bond acceptors (Lipinski definition) is 3. The molecule has 0 unspecified atom stereocenters. The van der Waals surface area contributed by atoms with Crippen LogP contribution in [0.25, 0.3) is 0 Å². The van der Waals surface area contributed by atoms with E-state index in [0.29, 0.717) is 19.8 Å². The molecule has 0 saturated carbocycles. The lowest BCUT2D eigenvalue weighted by Gasteiger charge is -2.22. The lowest BCUT2D eigenvalue weighted by Crippen LogP contribution is -2.29. The fraction of sp³-hybridized carbons (Fsp3) is 1.00. The lowest BCUT2D eigenvalue weighted by atomic mass is 10.1. The zero-order valence-corrected chi connectivity index (χ0v) is 7.85. The van der Waals surface area contributed by atoms with E-state index in [9.17, 15) is 0 Å². The zero-order chi connectivity index (χ0) is 8.74. The molecule has 0 aromatic heterocycles. The fourth-order valence-electron chi connectivity index (χ4n) is 0.519. The van der Waals surface area contributed by atoms with E-state index in [0.717, 1.165) is 0 Å². The van der Waals surface area contributed by atoms with Gasteiger partial charge in [-0.2, -0.15) is 0 Å². The average molecular weight is 162 g/mol. The van der Waals surface area contributed by atoms with Gasteiger partial charge in [0.2, 0.25) is 0 Å². The molecule has 0 bridgehead atoms. The summed E-state index contributed by atoms with van der Waals surface area (Å²) in [5.41, 5.74) is -0.187. The van der Waals surface area contributed by atoms with Crippen molar-refractivity contribution in [2.24, 2.45) is 0 Å². The first-order valence-corrected chi connectivity index (χ1v) is 3.74. The lowest BCUT2D eigenvalue weighted by molar-refractivity contribution is -0.0584. The molecule has 0 aromatic carbocycles. The second-order valence-electron chi connectivity index (χ2n) is 3.01. The molecular formula is C8H18O3. The van der Waals surface area contributed by atoms with Gasteiger partial charge in [0.25, 0.3) is 0 Å². The third kappa shape index (κ3) is 6.28. The van der Waals surface area contributed by atoms with Crippen LogP contribution in [-0.2, 0) is 14.2 Å².